The van der Waals surface area contributed by atoms with Crippen LogP contribution in [0, 0.1) is 0 Å². The van der Waals surface area contributed by atoms with Gasteiger partial charge in [0.25, 0.3) is 0 Å². The topological polar surface area (TPSA) is 55.8 Å². The van der Waals surface area contributed by atoms with Crippen LogP contribution in [0.5, 0.6) is 11.5 Å². The molecule has 4 nitrogen and oxygen atoms in total. The van der Waals surface area contributed by atoms with E-state index in [2.05, 4.69) is 0 Å². The predicted molar refractivity (Wildman–Crippen MR) is 58.4 cm³/mol. The smallest absolute Gasteiger partial charge is 0.304 e. The molecule has 2 rings (SSSR count). The van der Waals surface area contributed by atoms with Crippen molar-refractivity contribution in [3.05, 3.63) is 23.8 Å². The first-order valence-electron chi connectivity index (χ1n) is 5.48. The second-order valence-corrected chi connectivity index (χ2v) is 3.91. The summed E-state index contributed by atoms with van der Waals surface area (Å²) in [5.74, 6) is -2.04. The number of aliphatic carboxylic acids is 1. The van der Waals surface area contributed by atoms with Crippen molar-refractivity contribution in [3.8, 4) is 11.5 Å². The first-order chi connectivity index (χ1) is 8.59. The van der Waals surface area contributed by atoms with Crippen LogP contribution < -0.4 is 9.47 Å². The Hall–Kier alpha value is -1.85. The Morgan fingerprint density at radius 2 is 2.06 bits per heavy atom. The zero-order valence-electron chi connectivity index (χ0n) is 9.44. The Morgan fingerprint density at radius 3 is 2.72 bits per heavy atom. The average Bonchev–Trinajstić information content (AvgIpc) is 2.35. The molecule has 1 heterocycles. The van der Waals surface area contributed by atoms with Crippen molar-refractivity contribution in [2.24, 2.45) is 0 Å². The fraction of sp³-hybridized carbons (Fsp3) is 0.417. The summed E-state index contributed by atoms with van der Waals surface area (Å²) in [5.41, 5.74) is 0.185. The number of halogens is 2. The molecule has 1 aromatic rings. The van der Waals surface area contributed by atoms with Gasteiger partial charge in [-0.1, -0.05) is 12.1 Å². The molecule has 1 N–H and O–H groups in total. The van der Waals surface area contributed by atoms with Gasteiger partial charge in [0.1, 0.15) is 13.2 Å². The summed E-state index contributed by atoms with van der Waals surface area (Å²) in [6, 6.07) is 4.62. The number of carboxylic acid groups (broad SMARTS) is 1. The van der Waals surface area contributed by atoms with E-state index >= 15 is 0 Å². The third kappa shape index (κ3) is 2.52. The number of carboxylic acids is 1. The summed E-state index contributed by atoms with van der Waals surface area (Å²) in [7, 11) is 0. The molecular weight excluding hydrogens is 246 g/mol. The molecule has 18 heavy (non-hydrogen) atoms. The van der Waals surface area contributed by atoms with Crippen LogP contribution in [-0.4, -0.2) is 30.7 Å². The minimum Gasteiger partial charge on any atom is -0.486 e. The number of para-hydroxylation sites is 1. The molecule has 1 aliphatic rings. The van der Waals surface area contributed by atoms with Gasteiger partial charge in [-0.05, 0) is 6.07 Å². The van der Waals surface area contributed by atoms with Crippen LogP contribution in [0.25, 0.3) is 0 Å². The van der Waals surface area contributed by atoms with Crippen molar-refractivity contribution < 1.29 is 28.2 Å². The van der Waals surface area contributed by atoms with Gasteiger partial charge in [-0.2, -0.15) is 0 Å². The van der Waals surface area contributed by atoms with Gasteiger partial charge in [0.15, 0.2) is 11.5 Å². The quantitative estimate of drug-likeness (QED) is 0.900. The summed E-state index contributed by atoms with van der Waals surface area (Å²) >= 11 is 0. The van der Waals surface area contributed by atoms with Gasteiger partial charge >= 0.3 is 5.97 Å². The number of carbonyl (C=O) groups is 1. The molecular formula is C12H12F2O4. The van der Waals surface area contributed by atoms with E-state index < -0.39 is 24.7 Å². The van der Waals surface area contributed by atoms with Crippen molar-refractivity contribution in [1.29, 1.82) is 0 Å². The zero-order chi connectivity index (χ0) is 13.1. The minimum atomic E-state index is -2.77. The van der Waals surface area contributed by atoms with Crippen LogP contribution in [0.2, 0.25) is 0 Å². The molecule has 0 saturated heterocycles. The third-order valence-corrected chi connectivity index (χ3v) is 2.69. The van der Waals surface area contributed by atoms with Gasteiger partial charge in [0.2, 0.25) is 6.43 Å². The highest BCUT2D eigenvalue weighted by Gasteiger charge is 2.30. The Labute approximate surface area is 102 Å². The lowest BCUT2D eigenvalue weighted by atomic mass is 9.94. The zero-order valence-corrected chi connectivity index (χ0v) is 9.44. The monoisotopic (exact) mass is 258 g/mol. The fourth-order valence-electron chi connectivity index (χ4n) is 1.91. The molecule has 0 bridgehead atoms. The van der Waals surface area contributed by atoms with Gasteiger partial charge in [-0.3, -0.25) is 4.79 Å². The lowest BCUT2D eigenvalue weighted by molar-refractivity contribution is -0.138. The van der Waals surface area contributed by atoms with E-state index in [4.69, 9.17) is 14.6 Å². The van der Waals surface area contributed by atoms with Gasteiger partial charge < -0.3 is 14.6 Å². The second-order valence-electron chi connectivity index (χ2n) is 3.91. The SMILES string of the molecule is O=C(O)CC(c1cccc2c1OCCO2)C(F)F. The number of ether oxygens (including phenoxy) is 2. The number of fused-ring (bicyclic) bond motifs is 1. The Balaban J connectivity index is 2.38. The second kappa shape index (κ2) is 5.20. The first kappa shape index (κ1) is 12.6. The van der Waals surface area contributed by atoms with Crippen LogP contribution in [0.15, 0.2) is 18.2 Å². The van der Waals surface area contributed by atoms with Crippen molar-refractivity contribution in [1.82, 2.24) is 0 Å². The highest BCUT2D eigenvalue weighted by atomic mass is 19.3. The molecule has 0 amide bonds. The minimum absolute atomic E-state index is 0.185. The van der Waals surface area contributed by atoms with Crippen LogP contribution in [0.4, 0.5) is 8.78 Å². The molecule has 0 aliphatic carbocycles. The van der Waals surface area contributed by atoms with Gasteiger partial charge in [-0.25, -0.2) is 8.78 Å². The van der Waals surface area contributed by atoms with E-state index in [9.17, 15) is 13.6 Å². The van der Waals surface area contributed by atoms with Gasteiger partial charge in [0, 0.05) is 5.56 Å². The Morgan fingerprint density at radius 1 is 1.33 bits per heavy atom. The Kier molecular flexibility index (Phi) is 3.64. The predicted octanol–water partition coefficient (Wildman–Crippen LogP) is 2.28. The maximum absolute atomic E-state index is 13.0. The number of rotatable bonds is 4. The number of benzene rings is 1. The van der Waals surface area contributed by atoms with Crippen LogP contribution >= 0.6 is 0 Å². The molecule has 6 heteroatoms. The molecule has 0 aromatic heterocycles. The average molecular weight is 258 g/mol. The highest BCUT2D eigenvalue weighted by Crippen LogP contribution is 2.40. The van der Waals surface area contributed by atoms with Crippen molar-refractivity contribution in [2.45, 2.75) is 18.8 Å². The molecule has 1 aliphatic heterocycles. The molecule has 1 unspecified atom stereocenters. The normalized spacial score (nSPS) is 15.5. The van der Waals surface area contributed by atoms with Gasteiger partial charge in [0.05, 0.1) is 12.3 Å². The molecule has 0 fully saturated rings. The Bertz CT molecular complexity index is 448. The van der Waals surface area contributed by atoms with E-state index in [0.29, 0.717) is 12.4 Å². The number of hydrogen-bond donors (Lipinski definition) is 1. The molecule has 1 atom stereocenters. The van der Waals surface area contributed by atoms with E-state index in [-0.39, 0.29) is 17.9 Å². The molecule has 0 saturated carbocycles. The largest absolute Gasteiger partial charge is 0.486 e. The summed E-state index contributed by atoms with van der Waals surface area (Å²) in [6.45, 7) is 0.627. The van der Waals surface area contributed by atoms with Crippen molar-refractivity contribution >= 4 is 5.97 Å². The lowest BCUT2D eigenvalue weighted by Crippen LogP contribution is -2.20. The number of hydrogen-bond acceptors (Lipinski definition) is 3. The van der Waals surface area contributed by atoms with E-state index in [1.807, 2.05) is 0 Å². The maximum Gasteiger partial charge on any atom is 0.304 e. The molecule has 0 spiro atoms. The van der Waals surface area contributed by atoms with Gasteiger partial charge in [-0.15, -0.1) is 0 Å². The third-order valence-electron chi connectivity index (χ3n) is 2.69. The van der Waals surface area contributed by atoms with Crippen LogP contribution in [0.3, 0.4) is 0 Å². The molecule has 0 radical (unpaired) electrons. The van der Waals surface area contributed by atoms with Crippen LogP contribution in [0.1, 0.15) is 17.9 Å². The van der Waals surface area contributed by atoms with E-state index in [0.717, 1.165) is 0 Å². The first-order valence-corrected chi connectivity index (χ1v) is 5.48. The van der Waals surface area contributed by atoms with E-state index in [1.165, 1.54) is 6.07 Å². The standard InChI is InChI=1S/C12H12F2O4/c13-12(14)8(6-10(15)16)7-2-1-3-9-11(7)18-5-4-17-9/h1-3,8,12H,4-6H2,(H,15,16). The summed E-state index contributed by atoms with van der Waals surface area (Å²) in [4.78, 5) is 10.7. The summed E-state index contributed by atoms with van der Waals surface area (Å²) in [6.07, 6.45) is -3.41. The fourth-order valence-corrected chi connectivity index (χ4v) is 1.91. The maximum atomic E-state index is 13.0. The molecule has 1 aromatic carbocycles. The van der Waals surface area contributed by atoms with Crippen LogP contribution in [-0.2, 0) is 4.79 Å². The van der Waals surface area contributed by atoms with E-state index in [1.54, 1.807) is 12.1 Å². The highest BCUT2D eigenvalue weighted by molar-refractivity contribution is 5.68. The number of alkyl halides is 2. The molecule has 98 valence electrons. The van der Waals surface area contributed by atoms with Crippen molar-refractivity contribution in [3.63, 3.8) is 0 Å². The van der Waals surface area contributed by atoms with Crippen molar-refractivity contribution in [2.75, 3.05) is 13.2 Å². The summed E-state index contributed by atoms with van der Waals surface area (Å²) < 4.78 is 36.5. The summed E-state index contributed by atoms with van der Waals surface area (Å²) in [5, 5.41) is 8.69. The lowest BCUT2D eigenvalue weighted by Gasteiger charge is -2.24.